The highest BCUT2D eigenvalue weighted by Gasteiger charge is 2.26. The van der Waals surface area contributed by atoms with Gasteiger partial charge in [0.1, 0.15) is 0 Å². The van der Waals surface area contributed by atoms with Gasteiger partial charge in [0.2, 0.25) is 5.89 Å². The summed E-state index contributed by atoms with van der Waals surface area (Å²) in [5.41, 5.74) is 0.983. The van der Waals surface area contributed by atoms with E-state index in [4.69, 9.17) is 4.52 Å². The number of hydrogen-bond donors (Lipinski definition) is 0. The molecule has 1 aliphatic rings. The maximum atomic E-state index is 12.1. The van der Waals surface area contributed by atoms with Gasteiger partial charge in [0.15, 0.2) is 11.3 Å². The van der Waals surface area contributed by atoms with E-state index >= 15 is 0 Å². The first-order chi connectivity index (χ1) is 12.1. The first-order valence-corrected chi connectivity index (χ1v) is 9.21. The molecule has 3 heterocycles. The molecule has 7 heteroatoms. The first kappa shape index (κ1) is 16.5. The quantitative estimate of drug-likeness (QED) is 0.672. The number of piperidine rings is 1. The number of aryl methyl sites for hydroxylation is 1. The Morgan fingerprint density at radius 3 is 3.04 bits per heavy atom. The molecule has 1 aromatic carbocycles. The summed E-state index contributed by atoms with van der Waals surface area (Å²) in [6, 6.07) is 7.38. The zero-order valence-electron chi connectivity index (χ0n) is 14.0. The SMILES string of the molecule is Cc1noc(C2CCCN(Cn3ccc(=O)c4cccc(Br)c43)C2)n1. The van der Waals surface area contributed by atoms with Crippen LogP contribution in [0.15, 0.2) is 44.3 Å². The van der Waals surface area contributed by atoms with E-state index in [-0.39, 0.29) is 11.3 Å². The van der Waals surface area contributed by atoms with Gasteiger partial charge in [-0.25, -0.2) is 0 Å². The van der Waals surface area contributed by atoms with Crippen molar-refractivity contribution in [1.82, 2.24) is 19.6 Å². The van der Waals surface area contributed by atoms with Gasteiger partial charge in [-0.2, -0.15) is 4.98 Å². The predicted molar refractivity (Wildman–Crippen MR) is 98.5 cm³/mol. The molecule has 1 fully saturated rings. The number of rotatable bonds is 3. The van der Waals surface area contributed by atoms with Gasteiger partial charge in [-0.1, -0.05) is 11.2 Å². The number of aromatic nitrogens is 3. The fourth-order valence-corrected chi connectivity index (χ4v) is 4.12. The minimum Gasteiger partial charge on any atom is -0.339 e. The summed E-state index contributed by atoms with van der Waals surface area (Å²) in [4.78, 5) is 18.9. The van der Waals surface area contributed by atoms with Crippen LogP contribution < -0.4 is 5.43 Å². The second-order valence-electron chi connectivity index (χ2n) is 6.52. The van der Waals surface area contributed by atoms with E-state index in [2.05, 4.69) is 35.5 Å². The van der Waals surface area contributed by atoms with E-state index in [1.807, 2.05) is 31.3 Å². The Balaban J connectivity index is 1.61. The van der Waals surface area contributed by atoms with E-state index in [9.17, 15) is 4.79 Å². The van der Waals surface area contributed by atoms with Crippen molar-refractivity contribution in [2.24, 2.45) is 0 Å². The number of hydrogen-bond acceptors (Lipinski definition) is 5. The Labute approximate surface area is 153 Å². The maximum absolute atomic E-state index is 12.1. The zero-order valence-corrected chi connectivity index (χ0v) is 15.6. The number of benzene rings is 1. The van der Waals surface area contributed by atoms with Crippen molar-refractivity contribution in [3.63, 3.8) is 0 Å². The standard InChI is InChI=1S/C18H19BrN4O2/c1-12-20-18(25-21-12)13-4-3-8-22(10-13)11-23-9-7-16(24)14-5-2-6-15(19)17(14)23/h2,5-7,9,13H,3-4,8,10-11H2,1H3. The lowest BCUT2D eigenvalue weighted by Gasteiger charge is -2.32. The topological polar surface area (TPSA) is 64.2 Å². The number of halogens is 1. The molecule has 3 aromatic rings. The number of pyridine rings is 1. The van der Waals surface area contributed by atoms with Gasteiger partial charge in [0.05, 0.1) is 18.1 Å². The summed E-state index contributed by atoms with van der Waals surface area (Å²) >= 11 is 3.59. The van der Waals surface area contributed by atoms with Crippen molar-refractivity contribution < 1.29 is 4.52 Å². The van der Waals surface area contributed by atoms with E-state index in [0.717, 1.165) is 53.9 Å². The van der Waals surface area contributed by atoms with Crippen molar-refractivity contribution >= 4 is 26.8 Å². The molecule has 2 aromatic heterocycles. The van der Waals surface area contributed by atoms with Crippen molar-refractivity contribution in [2.75, 3.05) is 13.1 Å². The molecule has 0 radical (unpaired) electrons. The van der Waals surface area contributed by atoms with Gasteiger partial charge < -0.3 is 9.09 Å². The number of likely N-dealkylation sites (tertiary alicyclic amines) is 1. The minimum absolute atomic E-state index is 0.0467. The Morgan fingerprint density at radius 1 is 1.36 bits per heavy atom. The summed E-state index contributed by atoms with van der Waals surface area (Å²) in [5.74, 6) is 1.68. The molecular weight excluding hydrogens is 384 g/mol. The van der Waals surface area contributed by atoms with Crippen LogP contribution in [0, 0.1) is 6.92 Å². The molecule has 0 saturated carbocycles. The van der Waals surface area contributed by atoms with Crippen LogP contribution in [-0.2, 0) is 6.67 Å². The lowest BCUT2D eigenvalue weighted by atomic mass is 9.98. The molecule has 4 rings (SSSR count). The molecule has 1 atom stereocenters. The number of para-hydroxylation sites is 1. The fourth-order valence-electron chi connectivity index (χ4n) is 3.53. The third-order valence-corrected chi connectivity index (χ3v) is 5.34. The second kappa shape index (κ2) is 6.72. The molecule has 0 aliphatic carbocycles. The number of fused-ring (bicyclic) bond motifs is 1. The van der Waals surface area contributed by atoms with Gasteiger partial charge in [-0.15, -0.1) is 0 Å². The molecule has 1 saturated heterocycles. The summed E-state index contributed by atoms with van der Waals surface area (Å²) in [6.07, 6.45) is 4.02. The average molecular weight is 403 g/mol. The Morgan fingerprint density at radius 2 is 2.24 bits per heavy atom. The third-order valence-electron chi connectivity index (χ3n) is 4.70. The Bertz CT molecular complexity index is 965. The molecule has 0 bridgehead atoms. The van der Waals surface area contributed by atoms with Gasteiger partial charge in [0.25, 0.3) is 0 Å². The highest BCUT2D eigenvalue weighted by atomic mass is 79.9. The molecule has 1 unspecified atom stereocenters. The van der Waals surface area contributed by atoms with Crippen molar-refractivity contribution in [1.29, 1.82) is 0 Å². The van der Waals surface area contributed by atoms with Crippen molar-refractivity contribution in [3.8, 4) is 0 Å². The predicted octanol–water partition coefficient (Wildman–Crippen LogP) is 3.29. The fraction of sp³-hybridized carbons (Fsp3) is 0.389. The smallest absolute Gasteiger partial charge is 0.231 e. The van der Waals surface area contributed by atoms with Crippen LogP contribution in [0.1, 0.15) is 30.5 Å². The second-order valence-corrected chi connectivity index (χ2v) is 7.38. The monoisotopic (exact) mass is 402 g/mol. The lowest BCUT2D eigenvalue weighted by Crippen LogP contribution is -2.36. The molecular formula is C18H19BrN4O2. The van der Waals surface area contributed by atoms with Crippen LogP contribution in [0.5, 0.6) is 0 Å². The van der Waals surface area contributed by atoms with Crippen molar-refractivity contribution in [2.45, 2.75) is 32.4 Å². The van der Waals surface area contributed by atoms with Crippen LogP contribution in [0.2, 0.25) is 0 Å². The average Bonchev–Trinajstić information content (AvgIpc) is 3.04. The van der Waals surface area contributed by atoms with Gasteiger partial charge >= 0.3 is 0 Å². The molecule has 25 heavy (non-hydrogen) atoms. The Hall–Kier alpha value is -1.99. The van der Waals surface area contributed by atoms with E-state index < -0.39 is 0 Å². The normalized spacial score (nSPS) is 18.7. The summed E-state index contributed by atoms with van der Waals surface area (Å²) in [6.45, 7) is 4.46. The van der Waals surface area contributed by atoms with E-state index in [1.165, 1.54) is 0 Å². The summed E-state index contributed by atoms with van der Waals surface area (Å²) in [5, 5.41) is 4.65. The van der Waals surface area contributed by atoms with E-state index in [1.54, 1.807) is 6.07 Å². The van der Waals surface area contributed by atoms with Crippen LogP contribution in [-0.4, -0.2) is 32.7 Å². The van der Waals surface area contributed by atoms with Crippen LogP contribution >= 0.6 is 15.9 Å². The maximum Gasteiger partial charge on any atom is 0.231 e. The molecule has 0 N–H and O–H groups in total. The Kier molecular flexibility index (Phi) is 4.43. The first-order valence-electron chi connectivity index (χ1n) is 8.42. The third kappa shape index (κ3) is 3.26. The zero-order chi connectivity index (χ0) is 17.4. The van der Waals surface area contributed by atoms with Crippen molar-refractivity contribution in [3.05, 3.63) is 56.9 Å². The number of nitrogens with zero attached hydrogens (tertiary/aromatic N) is 4. The molecule has 1 aliphatic heterocycles. The van der Waals surface area contributed by atoms with Gasteiger partial charge in [-0.05, 0) is 54.4 Å². The van der Waals surface area contributed by atoms with Crippen LogP contribution in [0.4, 0.5) is 0 Å². The van der Waals surface area contributed by atoms with Crippen LogP contribution in [0.3, 0.4) is 0 Å². The van der Waals surface area contributed by atoms with Gasteiger partial charge in [0, 0.05) is 28.7 Å². The minimum atomic E-state index is 0.0467. The molecule has 130 valence electrons. The van der Waals surface area contributed by atoms with E-state index in [0.29, 0.717) is 5.82 Å². The molecule has 6 nitrogen and oxygen atoms in total. The largest absolute Gasteiger partial charge is 0.339 e. The van der Waals surface area contributed by atoms with Gasteiger partial charge in [-0.3, -0.25) is 9.69 Å². The summed E-state index contributed by atoms with van der Waals surface area (Å²) in [7, 11) is 0. The highest BCUT2D eigenvalue weighted by molar-refractivity contribution is 9.10. The highest BCUT2D eigenvalue weighted by Crippen LogP contribution is 2.27. The summed E-state index contributed by atoms with van der Waals surface area (Å²) < 4.78 is 8.43. The molecule has 0 spiro atoms. The lowest BCUT2D eigenvalue weighted by molar-refractivity contribution is 0.153. The van der Waals surface area contributed by atoms with Crippen LogP contribution in [0.25, 0.3) is 10.9 Å². The molecule has 0 amide bonds.